The van der Waals surface area contributed by atoms with Crippen LogP contribution >= 0.6 is 11.3 Å². The van der Waals surface area contributed by atoms with Crippen LogP contribution in [-0.2, 0) is 12.8 Å². The van der Waals surface area contributed by atoms with Crippen LogP contribution in [0.2, 0.25) is 0 Å². The summed E-state index contributed by atoms with van der Waals surface area (Å²) in [5, 5.41) is 3.73. The average Bonchev–Trinajstić information content (AvgIpc) is 3.07. The van der Waals surface area contributed by atoms with Crippen molar-refractivity contribution in [2.45, 2.75) is 65.3 Å². The molecule has 2 heteroatoms. The molecule has 1 aliphatic carbocycles. The van der Waals surface area contributed by atoms with Crippen molar-refractivity contribution in [2.24, 2.45) is 5.41 Å². The molecule has 0 saturated heterocycles. The van der Waals surface area contributed by atoms with E-state index < -0.39 is 0 Å². The minimum atomic E-state index is 0.438. The zero-order valence-corrected chi connectivity index (χ0v) is 12.9. The van der Waals surface area contributed by atoms with Crippen molar-refractivity contribution in [2.75, 3.05) is 6.54 Å². The number of thiophene rings is 1. The summed E-state index contributed by atoms with van der Waals surface area (Å²) in [6.07, 6.45) is 7.81. The Kier molecular flexibility index (Phi) is 4.85. The smallest absolute Gasteiger partial charge is 0.00684 e. The molecule has 1 aliphatic rings. The van der Waals surface area contributed by atoms with E-state index in [1.165, 1.54) is 49.9 Å². The Labute approximate surface area is 116 Å². The van der Waals surface area contributed by atoms with Gasteiger partial charge in [0, 0.05) is 22.3 Å². The Balaban J connectivity index is 1.94. The summed E-state index contributed by atoms with van der Waals surface area (Å²) in [6.45, 7) is 8.19. The van der Waals surface area contributed by atoms with Crippen molar-refractivity contribution < 1.29 is 0 Å². The van der Waals surface area contributed by atoms with Gasteiger partial charge in [-0.25, -0.2) is 0 Å². The molecule has 0 aliphatic heterocycles. The lowest BCUT2D eigenvalue weighted by Crippen LogP contribution is -2.34. The fraction of sp³-hybridized carbons (Fsp3) is 0.750. The van der Waals surface area contributed by atoms with E-state index in [4.69, 9.17) is 0 Å². The average molecular weight is 265 g/mol. The standard InChI is InChI=1S/C16H27NS/c1-4-10-16(3,12-17-13-6-7-13)11-15-9-8-14(5-2)18-15/h8-9,13,17H,4-7,10-12H2,1-3H3. The van der Waals surface area contributed by atoms with Gasteiger partial charge < -0.3 is 5.32 Å². The number of rotatable bonds is 8. The molecule has 1 aromatic rings. The first-order valence-electron chi connectivity index (χ1n) is 7.46. The van der Waals surface area contributed by atoms with Gasteiger partial charge in [-0.3, -0.25) is 0 Å². The van der Waals surface area contributed by atoms with Gasteiger partial charge >= 0.3 is 0 Å². The second-order valence-corrected chi connectivity index (χ2v) is 7.37. The summed E-state index contributed by atoms with van der Waals surface area (Å²) < 4.78 is 0. The third-order valence-corrected chi connectivity index (χ3v) is 5.14. The van der Waals surface area contributed by atoms with Crippen molar-refractivity contribution in [1.29, 1.82) is 0 Å². The molecule has 1 heterocycles. The zero-order valence-electron chi connectivity index (χ0n) is 12.1. The van der Waals surface area contributed by atoms with Gasteiger partial charge in [0.15, 0.2) is 0 Å². The first kappa shape index (κ1) is 14.1. The number of hydrogen-bond donors (Lipinski definition) is 1. The lowest BCUT2D eigenvalue weighted by Gasteiger charge is -2.29. The number of aryl methyl sites for hydroxylation is 1. The highest BCUT2D eigenvalue weighted by Crippen LogP contribution is 2.32. The van der Waals surface area contributed by atoms with Crippen LogP contribution in [-0.4, -0.2) is 12.6 Å². The van der Waals surface area contributed by atoms with Gasteiger partial charge in [-0.2, -0.15) is 0 Å². The topological polar surface area (TPSA) is 12.0 Å². The Bertz CT molecular complexity index is 367. The normalized spacial score (nSPS) is 18.8. The molecule has 1 N–H and O–H groups in total. The van der Waals surface area contributed by atoms with Crippen LogP contribution in [0.25, 0.3) is 0 Å². The summed E-state index contributed by atoms with van der Waals surface area (Å²) in [5.41, 5.74) is 0.438. The van der Waals surface area contributed by atoms with E-state index in [1.54, 1.807) is 4.88 Å². The maximum absolute atomic E-state index is 3.73. The van der Waals surface area contributed by atoms with Crippen LogP contribution in [0.15, 0.2) is 12.1 Å². The quantitative estimate of drug-likeness (QED) is 0.734. The first-order valence-corrected chi connectivity index (χ1v) is 8.28. The lowest BCUT2D eigenvalue weighted by molar-refractivity contribution is 0.276. The molecule has 1 nitrogen and oxygen atoms in total. The maximum Gasteiger partial charge on any atom is 0.00684 e. The molecule has 18 heavy (non-hydrogen) atoms. The van der Waals surface area contributed by atoms with Crippen LogP contribution in [0.3, 0.4) is 0 Å². The van der Waals surface area contributed by atoms with Crippen LogP contribution in [0.1, 0.15) is 56.2 Å². The van der Waals surface area contributed by atoms with Gasteiger partial charge in [-0.1, -0.05) is 27.2 Å². The van der Waals surface area contributed by atoms with Crippen LogP contribution < -0.4 is 5.32 Å². The van der Waals surface area contributed by atoms with Gasteiger partial charge in [0.05, 0.1) is 0 Å². The molecular weight excluding hydrogens is 238 g/mol. The third kappa shape index (κ3) is 4.10. The largest absolute Gasteiger partial charge is 0.313 e. The molecule has 1 aromatic heterocycles. The molecule has 1 unspecified atom stereocenters. The van der Waals surface area contributed by atoms with Crippen molar-refractivity contribution >= 4 is 11.3 Å². The molecular formula is C16H27NS. The van der Waals surface area contributed by atoms with Crippen molar-refractivity contribution in [3.8, 4) is 0 Å². The van der Waals surface area contributed by atoms with Crippen molar-refractivity contribution in [1.82, 2.24) is 5.32 Å². The molecule has 1 atom stereocenters. The fourth-order valence-electron chi connectivity index (χ4n) is 2.65. The molecule has 2 rings (SSSR count). The van der Waals surface area contributed by atoms with E-state index in [9.17, 15) is 0 Å². The minimum absolute atomic E-state index is 0.438. The van der Waals surface area contributed by atoms with Gasteiger partial charge in [0.2, 0.25) is 0 Å². The highest BCUT2D eigenvalue weighted by molar-refractivity contribution is 7.11. The molecule has 0 amide bonds. The molecule has 0 bridgehead atoms. The molecule has 102 valence electrons. The lowest BCUT2D eigenvalue weighted by atomic mass is 9.81. The summed E-state index contributed by atoms with van der Waals surface area (Å²) in [4.78, 5) is 3.10. The predicted molar refractivity (Wildman–Crippen MR) is 81.4 cm³/mol. The molecule has 1 saturated carbocycles. The van der Waals surface area contributed by atoms with Crippen molar-refractivity contribution in [3.05, 3.63) is 21.9 Å². The van der Waals surface area contributed by atoms with Crippen molar-refractivity contribution in [3.63, 3.8) is 0 Å². The van der Waals surface area contributed by atoms with E-state index in [-0.39, 0.29) is 0 Å². The van der Waals surface area contributed by atoms with E-state index in [1.807, 2.05) is 11.3 Å². The van der Waals surface area contributed by atoms with E-state index in [0.29, 0.717) is 5.41 Å². The zero-order chi connectivity index (χ0) is 13.0. The molecule has 0 spiro atoms. The third-order valence-electron chi connectivity index (χ3n) is 3.92. The monoisotopic (exact) mass is 265 g/mol. The summed E-state index contributed by atoms with van der Waals surface area (Å²) >= 11 is 2.01. The second-order valence-electron chi connectivity index (χ2n) is 6.11. The minimum Gasteiger partial charge on any atom is -0.313 e. The van der Waals surface area contributed by atoms with E-state index in [2.05, 4.69) is 38.2 Å². The van der Waals surface area contributed by atoms with Crippen LogP contribution in [0.4, 0.5) is 0 Å². The highest BCUT2D eigenvalue weighted by atomic mass is 32.1. The predicted octanol–water partition coefficient (Wildman–Crippen LogP) is 4.41. The van der Waals surface area contributed by atoms with Gasteiger partial charge in [0.25, 0.3) is 0 Å². The summed E-state index contributed by atoms with van der Waals surface area (Å²) in [5.74, 6) is 0. The summed E-state index contributed by atoms with van der Waals surface area (Å²) in [6, 6.07) is 5.48. The molecule has 1 fully saturated rings. The van der Waals surface area contributed by atoms with Gasteiger partial charge in [0.1, 0.15) is 0 Å². The first-order chi connectivity index (χ1) is 8.65. The Morgan fingerprint density at radius 1 is 1.28 bits per heavy atom. The van der Waals surface area contributed by atoms with Gasteiger partial charge in [-0.15, -0.1) is 11.3 Å². The Morgan fingerprint density at radius 3 is 2.56 bits per heavy atom. The molecule has 0 aromatic carbocycles. The number of nitrogens with one attached hydrogen (secondary N) is 1. The fourth-order valence-corrected chi connectivity index (χ4v) is 3.82. The highest BCUT2D eigenvalue weighted by Gasteiger charge is 2.28. The Morgan fingerprint density at radius 2 is 2.00 bits per heavy atom. The van der Waals surface area contributed by atoms with E-state index in [0.717, 1.165) is 6.04 Å². The van der Waals surface area contributed by atoms with E-state index >= 15 is 0 Å². The van der Waals surface area contributed by atoms with Crippen LogP contribution in [0.5, 0.6) is 0 Å². The second kappa shape index (κ2) is 6.21. The van der Waals surface area contributed by atoms with Crippen LogP contribution in [0, 0.1) is 5.41 Å². The molecule has 0 radical (unpaired) electrons. The number of hydrogen-bond acceptors (Lipinski definition) is 2. The summed E-state index contributed by atoms with van der Waals surface area (Å²) in [7, 11) is 0. The van der Waals surface area contributed by atoms with Gasteiger partial charge in [-0.05, 0) is 49.7 Å². The SMILES string of the molecule is CCCC(C)(CNC1CC1)Cc1ccc(CC)s1. The maximum atomic E-state index is 3.73. The Hall–Kier alpha value is -0.340.